The predicted octanol–water partition coefficient (Wildman–Crippen LogP) is 2.66. The van der Waals surface area contributed by atoms with Crippen LogP contribution in [-0.2, 0) is 4.79 Å². The van der Waals surface area contributed by atoms with Gasteiger partial charge in [-0.2, -0.15) is 0 Å². The van der Waals surface area contributed by atoms with E-state index in [0.717, 1.165) is 12.1 Å². The van der Waals surface area contributed by atoms with Crippen LogP contribution in [0.15, 0.2) is 24.3 Å². The molecule has 0 radical (unpaired) electrons. The van der Waals surface area contributed by atoms with Crippen LogP contribution in [0.25, 0.3) is 0 Å². The van der Waals surface area contributed by atoms with Crippen molar-refractivity contribution in [1.29, 1.82) is 0 Å². The molecule has 1 atom stereocenters. The van der Waals surface area contributed by atoms with Crippen molar-refractivity contribution in [2.75, 3.05) is 6.54 Å². The molecule has 1 N–H and O–H groups in total. The number of carbonyl (C=O) groups excluding carboxylic acids is 1. The number of hydrogen-bond acceptors (Lipinski definition) is 3. The van der Waals surface area contributed by atoms with Gasteiger partial charge in [-0.25, -0.2) is 4.79 Å². The molecule has 0 aromatic heterocycles. The number of likely N-dealkylation sites (tertiary alicyclic amines) is 1. The molecule has 5 nitrogen and oxygen atoms in total. The van der Waals surface area contributed by atoms with Gasteiger partial charge in [0.1, 0.15) is 11.8 Å². The summed E-state index contributed by atoms with van der Waals surface area (Å²) in [5.74, 6) is -2.24. The van der Waals surface area contributed by atoms with E-state index in [1.54, 1.807) is 0 Å². The number of amides is 1. The lowest BCUT2D eigenvalue weighted by Crippen LogP contribution is -2.47. The molecular weight excluding hydrogens is 303 g/mol. The van der Waals surface area contributed by atoms with E-state index in [1.807, 2.05) is 0 Å². The number of aliphatic carboxylic acids is 1. The number of carboxylic acid groups (broad SMARTS) is 1. The lowest BCUT2D eigenvalue weighted by atomic mass is 10.0. The van der Waals surface area contributed by atoms with Gasteiger partial charge in [-0.1, -0.05) is 6.07 Å². The maximum absolute atomic E-state index is 12.4. The Balaban J connectivity index is 2.21. The molecule has 1 saturated heterocycles. The molecule has 0 saturated carbocycles. The van der Waals surface area contributed by atoms with E-state index in [0.29, 0.717) is 19.3 Å². The highest BCUT2D eigenvalue weighted by Crippen LogP contribution is 2.25. The molecule has 8 heteroatoms. The number of ether oxygens (including phenoxy) is 1. The molecule has 1 aliphatic rings. The van der Waals surface area contributed by atoms with Crippen LogP contribution >= 0.6 is 0 Å². The van der Waals surface area contributed by atoms with Gasteiger partial charge in [-0.3, -0.25) is 4.79 Å². The average Bonchev–Trinajstić information content (AvgIpc) is 2.45. The standard InChI is InChI=1S/C14H14F3NO4/c15-14(16,17)22-10-5-3-4-9(8-10)12(19)18-7-2-1-6-11(18)13(20)21/h3-5,8,11H,1-2,6-7H2,(H,20,21)/t11-/m1/s1. The van der Waals surface area contributed by atoms with E-state index in [9.17, 15) is 22.8 Å². The maximum atomic E-state index is 12.4. The molecule has 22 heavy (non-hydrogen) atoms. The second-order valence-corrected chi connectivity index (χ2v) is 4.92. The van der Waals surface area contributed by atoms with Gasteiger partial charge in [-0.05, 0) is 37.5 Å². The number of carboxylic acids is 1. The zero-order valence-electron chi connectivity index (χ0n) is 11.5. The van der Waals surface area contributed by atoms with Crippen LogP contribution in [0.2, 0.25) is 0 Å². The molecule has 1 aliphatic heterocycles. The summed E-state index contributed by atoms with van der Waals surface area (Å²) >= 11 is 0. The molecule has 0 unspecified atom stereocenters. The molecule has 0 aliphatic carbocycles. The predicted molar refractivity (Wildman–Crippen MR) is 69.4 cm³/mol. The summed E-state index contributed by atoms with van der Waals surface area (Å²) in [4.78, 5) is 24.7. The maximum Gasteiger partial charge on any atom is 0.573 e. The van der Waals surface area contributed by atoms with Crippen LogP contribution in [0.3, 0.4) is 0 Å². The van der Waals surface area contributed by atoms with Crippen LogP contribution in [-0.4, -0.2) is 40.8 Å². The summed E-state index contributed by atoms with van der Waals surface area (Å²) in [5.41, 5.74) is -0.0325. The number of nitrogens with zero attached hydrogens (tertiary/aromatic N) is 1. The Morgan fingerprint density at radius 1 is 1.27 bits per heavy atom. The Kier molecular flexibility index (Phi) is 4.58. The van der Waals surface area contributed by atoms with Gasteiger partial charge >= 0.3 is 12.3 Å². The second-order valence-electron chi connectivity index (χ2n) is 4.92. The summed E-state index contributed by atoms with van der Waals surface area (Å²) in [5, 5.41) is 9.14. The van der Waals surface area contributed by atoms with Crippen molar-refractivity contribution in [2.24, 2.45) is 0 Å². The smallest absolute Gasteiger partial charge is 0.480 e. The van der Waals surface area contributed by atoms with Gasteiger partial charge in [0, 0.05) is 12.1 Å². The molecule has 120 valence electrons. The molecular formula is C14H14F3NO4. The molecule has 0 bridgehead atoms. The first-order valence-electron chi connectivity index (χ1n) is 6.67. The highest BCUT2D eigenvalue weighted by atomic mass is 19.4. The van der Waals surface area contributed by atoms with Crippen molar-refractivity contribution in [1.82, 2.24) is 4.90 Å². The van der Waals surface area contributed by atoms with Crippen LogP contribution < -0.4 is 4.74 Å². The molecule has 1 heterocycles. The third-order valence-corrected chi connectivity index (χ3v) is 3.36. The fourth-order valence-corrected chi connectivity index (χ4v) is 2.42. The SMILES string of the molecule is O=C(O)[C@H]1CCCCN1C(=O)c1cccc(OC(F)(F)F)c1. The fourth-order valence-electron chi connectivity index (χ4n) is 2.42. The minimum atomic E-state index is -4.85. The summed E-state index contributed by atoms with van der Waals surface area (Å²) in [6.45, 7) is 0.264. The lowest BCUT2D eigenvalue weighted by molar-refractivity contribution is -0.274. The number of benzene rings is 1. The topological polar surface area (TPSA) is 66.8 Å². The normalized spacial score (nSPS) is 18.9. The lowest BCUT2D eigenvalue weighted by Gasteiger charge is -2.33. The number of halogens is 3. The van der Waals surface area contributed by atoms with Crippen LogP contribution in [0.5, 0.6) is 5.75 Å². The van der Waals surface area contributed by atoms with Gasteiger partial charge < -0.3 is 14.7 Å². The molecule has 1 aromatic rings. The number of hydrogen-bond donors (Lipinski definition) is 1. The largest absolute Gasteiger partial charge is 0.573 e. The van der Waals surface area contributed by atoms with E-state index in [-0.39, 0.29) is 12.1 Å². The van der Waals surface area contributed by atoms with Gasteiger partial charge in [0.25, 0.3) is 5.91 Å². The van der Waals surface area contributed by atoms with Crippen LogP contribution in [0.4, 0.5) is 13.2 Å². The number of carbonyl (C=O) groups is 2. The first kappa shape index (κ1) is 16.1. The van der Waals surface area contributed by atoms with E-state index < -0.39 is 30.0 Å². The van der Waals surface area contributed by atoms with Gasteiger partial charge in [-0.15, -0.1) is 13.2 Å². The first-order chi connectivity index (χ1) is 10.3. The Hall–Kier alpha value is -2.25. The number of piperidine rings is 1. The van der Waals surface area contributed by atoms with E-state index in [1.165, 1.54) is 17.0 Å². The Bertz CT molecular complexity index is 573. The van der Waals surface area contributed by atoms with Crippen molar-refractivity contribution in [3.05, 3.63) is 29.8 Å². The molecule has 0 spiro atoms. The van der Waals surface area contributed by atoms with Crippen molar-refractivity contribution < 1.29 is 32.6 Å². The summed E-state index contributed by atoms with van der Waals surface area (Å²) in [7, 11) is 0. The minimum absolute atomic E-state index is 0.0325. The molecule has 1 amide bonds. The highest BCUT2D eigenvalue weighted by Gasteiger charge is 2.34. The van der Waals surface area contributed by atoms with Gasteiger partial charge in [0.15, 0.2) is 0 Å². The summed E-state index contributed by atoms with van der Waals surface area (Å²) in [6.07, 6.45) is -3.16. The van der Waals surface area contributed by atoms with Gasteiger partial charge in [0.05, 0.1) is 0 Å². The third kappa shape index (κ3) is 3.90. The van der Waals surface area contributed by atoms with Crippen molar-refractivity contribution in [2.45, 2.75) is 31.7 Å². The fraction of sp³-hybridized carbons (Fsp3) is 0.429. The quantitative estimate of drug-likeness (QED) is 0.931. The first-order valence-corrected chi connectivity index (χ1v) is 6.67. The van der Waals surface area contributed by atoms with Gasteiger partial charge in [0.2, 0.25) is 0 Å². The van der Waals surface area contributed by atoms with E-state index in [4.69, 9.17) is 5.11 Å². The third-order valence-electron chi connectivity index (χ3n) is 3.36. The summed E-state index contributed by atoms with van der Waals surface area (Å²) in [6, 6.07) is 3.68. The minimum Gasteiger partial charge on any atom is -0.480 e. The Morgan fingerprint density at radius 2 is 2.00 bits per heavy atom. The van der Waals surface area contributed by atoms with Crippen molar-refractivity contribution in [3.8, 4) is 5.75 Å². The summed E-state index contributed by atoms with van der Waals surface area (Å²) < 4.78 is 40.4. The monoisotopic (exact) mass is 317 g/mol. The molecule has 2 rings (SSSR count). The second kappa shape index (κ2) is 6.25. The van der Waals surface area contributed by atoms with Crippen molar-refractivity contribution in [3.63, 3.8) is 0 Å². The highest BCUT2D eigenvalue weighted by molar-refractivity contribution is 5.97. The number of rotatable bonds is 3. The van der Waals surface area contributed by atoms with Crippen molar-refractivity contribution >= 4 is 11.9 Å². The zero-order valence-corrected chi connectivity index (χ0v) is 11.5. The molecule has 1 aromatic carbocycles. The number of alkyl halides is 3. The Morgan fingerprint density at radius 3 is 2.64 bits per heavy atom. The van der Waals surface area contributed by atoms with E-state index >= 15 is 0 Å². The zero-order chi connectivity index (χ0) is 16.3. The average molecular weight is 317 g/mol. The van der Waals surface area contributed by atoms with E-state index in [2.05, 4.69) is 4.74 Å². The van der Waals surface area contributed by atoms with Crippen LogP contribution in [0.1, 0.15) is 29.6 Å². The molecule has 1 fully saturated rings. The Labute approximate surface area is 124 Å². The van der Waals surface area contributed by atoms with Crippen LogP contribution in [0, 0.1) is 0 Å².